The third-order valence-corrected chi connectivity index (χ3v) is 8.52. The summed E-state index contributed by atoms with van der Waals surface area (Å²) in [4.78, 5) is 4.89. The zero-order chi connectivity index (χ0) is 27.0. The van der Waals surface area contributed by atoms with Gasteiger partial charge < -0.3 is 0 Å². The molecule has 200 valence electrons. The topological polar surface area (TPSA) is 45.6 Å². The average molecular weight is 530 g/mol. The summed E-state index contributed by atoms with van der Waals surface area (Å²) in [7, 11) is -3.43. The normalized spacial score (nSPS) is 14.8. The summed E-state index contributed by atoms with van der Waals surface area (Å²) in [5, 5.41) is 1.01. The Labute approximate surface area is 228 Å². The molecule has 1 aliphatic heterocycles. The lowest BCUT2D eigenvalue weighted by molar-refractivity contribution is 0.122. The molecule has 5 rings (SSSR count). The molecule has 3 aromatic carbocycles. The van der Waals surface area contributed by atoms with Gasteiger partial charge in [-0.3, -0.25) is 9.80 Å². The number of piperazine rings is 1. The van der Waals surface area contributed by atoms with Crippen LogP contribution in [-0.2, 0) is 23.1 Å². The standard InChI is InChI=1S/C23H27N3O2S.C9H12/c1-2-16-29(27,28)26-19-21(22-10-6-7-11-23(22)26)18-25-14-12-24(13-15-25)17-20-8-4-3-5-9-20;1-8(2)9-6-4-3-5-7-9/h2-11,19H,1,12-18H2;3-8H,1-2H3. The van der Waals surface area contributed by atoms with Gasteiger partial charge in [0.05, 0.1) is 11.3 Å². The first-order valence-corrected chi connectivity index (χ1v) is 14.9. The van der Waals surface area contributed by atoms with Crippen molar-refractivity contribution in [3.63, 3.8) is 0 Å². The number of benzene rings is 3. The predicted octanol–water partition coefficient (Wildman–Crippen LogP) is 6.13. The molecule has 0 amide bonds. The van der Waals surface area contributed by atoms with Gasteiger partial charge in [-0.2, -0.15) is 0 Å². The van der Waals surface area contributed by atoms with Crippen LogP contribution in [0.25, 0.3) is 10.9 Å². The Balaban J connectivity index is 0.000000317. The number of fused-ring (bicyclic) bond motifs is 1. The van der Waals surface area contributed by atoms with E-state index in [1.54, 1.807) is 6.20 Å². The molecule has 2 heterocycles. The number of rotatable bonds is 8. The molecule has 0 bridgehead atoms. The summed E-state index contributed by atoms with van der Waals surface area (Å²) < 4.78 is 26.7. The fourth-order valence-electron chi connectivity index (χ4n) is 4.83. The van der Waals surface area contributed by atoms with E-state index >= 15 is 0 Å². The Morgan fingerprint density at radius 2 is 1.34 bits per heavy atom. The van der Waals surface area contributed by atoms with E-state index in [1.165, 1.54) is 21.2 Å². The van der Waals surface area contributed by atoms with Gasteiger partial charge in [-0.25, -0.2) is 12.4 Å². The maximum atomic E-state index is 12.6. The van der Waals surface area contributed by atoms with E-state index in [0.29, 0.717) is 5.92 Å². The maximum Gasteiger partial charge on any atom is 0.242 e. The van der Waals surface area contributed by atoms with Crippen molar-refractivity contribution in [3.8, 4) is 0 Å². The SMILES string of the molecule is C=CCS(=O)(=O)n1cc(CN2CCN(Cc3ccccc3)CC2)c2ccccc21.CC(C)c1ccccc1. The first-order valence-electron chi connectivity index (χ1n) is 13.3. The molecule has 1 saturated heterocycles. The zero-order valence-electron chi connectivity index (χ0n) is 22.5. The van der Waals surface area contributed by atoms with Crippen LogP contribution in [-0.4, -0.2) is 54.1 Å². The quantitative estimate of drug-likeness (QED) is 0.258. The molecule has 0 N–H and O–H groups in total. The van der Waals surface area contributed by atoms with Gasteiger partial charge in [0.25, 0.3) is 0 Å². The first-order chi connectivity index (χ1) is 18.4. The molecule has 4 aromatic rings. The number of hydrogen-bond acceptors (Lipinski definition) is 4. The second-order valence-corrected chi connectivity index (χ2v) is 12.0. The molecule has 0 saturated carbocycles. The molecule has 5 nitrogen and oxygen atoms in total. The van der Waals surface area contributed by atoms with Gasteiger partial charge in [0.1, 0.15) is 0 Å². The third-order valence-electron chi connectivity index (χ3n) is 6.96. The Bertz CT molecular complexity index is 1410. The number of nitrogens with zero attached hydrogens (tertiary/aromatic N) is 3. The minimum Gasteiger partial charge on any atom is -0.297 e. The van der Waals surface area contributed by atoms with Gasteiger partial charge in [-0.15, -0.1) is 6.58 Å². The Kier molecular flexibility index (Phi) is 9.56. The summed E-state index contributed by atoms with van der Waals surface area (Å²) >= 11 is 0. The molecule has 0 atom stereocenters. The van der Waals surface area contributed by atoms with Crippen LogP contribution >= 0.6 is 0 Å². The maximum absolute atomic E-state index is 12.6. The van der Waals surface area contributed by atoms with E-state index in [0.717, 1.165) is 55.7 Å². The largest absolute Gasteiger partial charge is 0.297 e. The van der Waals surface area contributed by atoms with Crippen molar-refractivity contribution in [2.75, 3.05) is 31.9 Å². The van der Waals surface area contributed by atoms with E-state index in [4.69, 9.17) is 0 Å². The lowest BCUT2D eigenvalue weighted by atomic mass is 10.0. The van der Waals surface area contributed by atoms with Crippen LogP contribution in [0.3, 0.4) is 0 Å². The van der Waals surface area contributed by atoms with Crippen molar-refractivity contribution in [2.24, 2.45) is 0 Å². The molecule has 0 unspecified atom stereocenters. The van der Waals surface area contributed by atoms with Crippen LogP contribution in [0.2, 0.25) is 0 Å². The van der Waals surface area contributed by atoms with Crippen LogP contribution in [0.5, 0.6) is 0 Å². The minimum atomic E-state index is -3.43. The van der Waals surface area contributed by atoms with Crippen molar-refractivity contribution in [1.82, 2.24) is 13.8 Å². The van der Waals surface area contributed by atoms with E-state index in [1.807, 2.05) is 36.4 Å². The molecule has 1 fully saturated rings. The molecule has 0 radical (unpaired) electrons. The Morgan fingerprint density at radius 3 is 1.92 bits per heavy atom. The summed E-state index contributed by atoms with van der Waals surface area (Å²) in [5.74, 6) is 0.592. The van der Waals surface area contributed by atoms with Gasteiger partial charge in [0, 0.05) is 50.9 Å². The van der Waals surface area contributed by atoms with Crippen molar-refractivity contribution in [1.29, 1.82) is 0 Å². The highest BCUT2D eigenvalue weighted by molar-refractivity contribution is 7.90. The fourth-order valence-corrected chi connectivity index (χ4v) is 6.03. The average Bonchev–Trinajstić information content (AvgIpc) is 3.31. The van der Waals surface area contributed by atoms with Crippen LogP contribution in [0.1, 0.15) is 36.5 Å². The Hall–Kier alpha value is -3.19. The fraction of sp³-hybridized carbons (Fsp3) is 0.312. The predicted molar refractivity (Wildman–Crippen MR) is 159 cm³/mol. The number of aromatic nitrogens is 1. The smallest absolute Gasteiger partial charge is 0.242 e. The second-order valence-electron chi connectivity index (χ2n) is 10.1. The van der Waals surface area contributed by atoms with Gasteiger partial charge in [-0.05, 0) is 28.7 Å². The third kappa shape index (κ3) is 7.22. The highest BCUT2D eigenvalue weighted by atomic mass is 32.2. The van der Waals surface area contributed by atoms with Crippen LogP contribution in [0, 0.1) is 0 Å². The first kappa shape index (κ1) is 27.8. The molecular weight excluding hydrogens is 490 g/mol. The van der Waals surface area contributed by atoms with Gasteiger partial charge >= 0.3 is 0 Å². The monoisotopic (exact) mass is 529 g/mol. The second kappa shape index (κ2) is 13.1. The van der Waals surface area contributed by atoms with Crippen molar-refractivity contribution in [3.05, 3.63) is 120 Å². The summed E-state index contributed by atoms with van der Waals surface area (Å²) in [6.07, 6.45) is 3.23. The lowest BCUT2D eigenvalue weighted by Gasteiger charge is -2.34. The van der Waals surface area contributed by atoms with Crippen molar-refractivity contribution in [2.45, 2.75) is 32.9 Å². The molecule has 1 aromatic heterocycles. The molecule has 38 heavy (non-hydrogen) atoms. The molecule has 6 heteroatoms. The highest BCUT2D eigenvalue weighted by Crippen LogP contribution is 2.25. The van der Waals surface area contributed by atoms with Gasteiger partial charge in [-0.1, -0.05) is 98.8 Å². The molecule has 0 aliphatic carbocycles. The molecule has 1 aliphatic rings. The molecule has 0 spiro atoms. The van der Waals surface area contributed by atoms with Gasteiger partial charge in [0.2, 0.25) is 10.0 Å². The number of para-hydroxylation sites is 1. The summed E-state index contributed by atoms with van der Waals surface area (Å²) in [5.41, 5.74) is 4.56. The van der Waals surface area contributed by atoms with E-state index in [9.17, 15) is 8.42 Å². The van der Waals surface area contributed by atoms with Crippen LogP contribution < -0.4 is 0 Å². The number of hydrogen-bond donors (Lipinski definition) is 0. The highest BCUT2D eigenvalue weighted by Gasteiger charge is 2.21. The van der Waals surface area contributed by atoms with Crippen molar-refractivity contribution < 1.29 is 8.42 Å². The van der Waals surface area contributed by atoms with E-state index < -0.39 is 10.0 Å². The van der Waals surface area contributed by atoms with Crippen LogP contribution in [0.4, 0.5) is 0 Å². The van der Waals surface area contributed by atoms with Crippen molar-refractivity contribution >= 4 is 20.9 Å². The lowest BCUT2D eigenvalue weighted by Crippen LogP contribution is -2.45. The molecular formula is C32H39N3O2S. The van der Waals surface area contributed by atoms with E-state index in [2.05, 4.69) is 78.8 Å². The summed E-state index contributed by atoms with van der Waals surface area (Å²) in [6.45, 7) is 13.7. The Morgan fingerprint density at radius 1 is 0.789 bits per heavy atom. The minimum absolute atomic E-state index is 0.0662. The summed E-state index contributed by atoms with van der Waals surface area (Å²) in [6, 6.07) is 28.8. The van der Waals surface area contributed by atoms with E-state index in [-0.39, 0.29) is 5.75 Å². The van der Waals surface area contributed by atoms with Gasteiger partial charge in [0.15, 0.2) is 0 Å². The van der Waals surface area contributed by atoms with Crippen LogP contribution in [0.15, 0.2) is 104 Å². The zero-order valence-corrected chi connectivity index (χ0v) is 23.4.